The van der Waals surface area contributed by atoms with E-state index >= 15 is 0 Å². The van der Waals surface area contributed by atoms with E-state index in [1.54, 1.807) is 6.33 Å². The number of nitrogens with zero attached hydrogens (tertiary/aromatic N) is 6. The standard InChI is InChI=1S/C16H26N6O/c1-16(2,3)14-12(8-21(5)19-14)9-22-6-7-23-13(10-22)15-18-17-11-20(15)4/h8,11,13H,6-7,9-10H2,1-5H3. The van der Waals surface area contributed by atoms with E-state index in [1.807, 2.05) is 23.3 Å². The minimum atomic E-state index is -0.0222. The summed E-state index contributed by atoms with van der Waals surface area (Å²) in [6.45, 7) is 9.97. The molecular weight excluding hydrogens is 292 g/mol. The maximum atomic E-state index is 5.89. The minimum Gasteiger partial charge on any atom is -0.368 e. The van der Waals surface area contributed by atoms with Crippen molar-refractivity contribution in [3.63, 3.8) is 0 Å². The monoisotopic (exact) mass is 318 g/mol. The summed E-state index contributed by atoms with van der Waals surface area (Å²) < 4.78 is 9.73. The van der Waals surface area contributed by atoms with Gasteiger partial charge in [0.05, 0.1) is 12.3 Å². The topological polar surface area (TPSA) is 61.0 Å². The van der Waals surface area contributed by atoms with Gasteiger partial charge in [0.1, 0.15) is 12.4 Å². The summed E-state index contributed by atoms with van der Waals surface area (Å²) in [5, 5.41) is 12.8. The van der Waals surface area contributed by atoms with Crippen molar-refractivity contribution in [1.29, 1.82) is 0 Å². The van der Waals surface area contributed by atoms with Gasteiger partial charge in [-0.1, -0.05) is 20.8 Å². The van der Waals surface area contributed by atoms with Gasteiger partial charge in [0.15, 0.2) is 5.82 Å². The van der Waals surface area contributed by atoms with Crippen molar-refractivity contribution in [1.82, 2.24) is 29.4 Å². The number of aryl methyl sites for hydroxylation is 2. The molecule has 0 aliphatic carbocycles. The molecule has 1 aliphatic rings. The summed E-state index contributed by atoms with van der Waals surface area (Å²) in [5.74, 6) is 0.886. The summed E-state index contributed by atoms with van der Waals surface area (Å²) in [5.41, 5.74) is 2.51. The molecule has 0 N–H and O–H groups in total. The Balaban J connectivity index is 1.75. The van der Waals surface area contributed by atoms with Crippen LogP contribution in [0.2, 0.25) is 0 Å². The smallest absolute Gasteiger partial charge is 0.163 e. The van der Waals surface area contributed by atoms with Gasteiger partial charge in [0.25, 0.3) is 0 Å². The van der Waals surface area contributed by atoms with Crippen LogP contribution >= 0.6 is 0 Å². The highest BCUT2D eigenvalue weighted by Gasteiger charge is 2.28. The van der Waals surface area contributed by atoms with Crippen molar-refractivity contribution in [2.45, 2.75) is 38.8 Å². The Hall–Kier alpha value is -1.73. The van der Waals surface area contributed by atoms with Gasteiger partial charge in [-0.05, 0) is 0 Å². The van der Waals surface area contributed by atoms with E-state index in [9.17, 15) is 0 Å². The number of hydrogen-bond donors (Lipinski definition) is 0. The van der Waals surface area contributed by atoms with Crippen LogP contribution in [-0.2, 0) is 30.8 Å². The van der Waals surface area contributed by atoms with E-state index in [2.05, 4.69) is 47.2 Å². The van der Waals surface area contributed by atoms with Crippen LogP contribution in [0.4, 0.5) is 0 Å². The molecule has 3 rings (SSSR count). The lowest BCUT2D eigenvalue weighted by atomic mass is 9.89. The highest BCUT2D eigenvalue weighted by atomic mass is 16.5. The zero-order valence-electron chi connectivity index (χ0n) is 14.7. The average molecular weight is 318 g/mol. The van der Waals surface area contributed by atoms with E-state index in [1.165, 1.54) is 11.3 Å². The molecule has 1 fully saturated rings. The molecule has 0 saturated carbocycles. The average Bonchev–Trinajstić information content (AvgIpc) is 3.05. The molecule has 0 radical (unpaired) electrons. The molecular formula is C16H26N6O. The molecule has 2 aromatic rings. The molecule has 1 aliphatic heterocycles. The predicted molar refractivity (Wildman–Crippen MR) is 86.9 cm³/mol. The normalized spacial score (nSPS) is 20.1. The van der Waals surface area contributed by atoms with Gasteiger partial charge < -0.3 is 9.30 Å². The SMILES string of the molecule is Cn1cc(CN2CCOC(c3nncn3C)C2)c(C(C)(C)C)n1. The van der Waals surface area contributed by atoms with E-state index < -0.39 is 0 Å². The number of ether oxygens (including phenoxy) is 1. The summed E-state index contributed by atoms with van der Waals surface area (Å²) in [7, 11) is 3.94. The Labute approximate surface area is 137 Å². The molecule has 3 heterocycles. The lowest BCUT2D eigenvalue weighted by Gasteiger charge is -2.32. The zero-order valence-corrected chi connectivity index (χ0v) is 14.7. The van der Waals surface area contributed by atoms with Crippen LogP contribution < -0.4 is 0 Å². The molecule has 7 nitrogen and oxygen atoms in total. The number of aromatic nitrogens is 5. The highest BCUT2D eigenvalue weighted by molar-refractivity contribution is 5.24. The van der Waals surface area contributed by atoms with E-state index in [0.29, 0.717) is 6.61 Å². The Kier molecular flexibility index (Phi) is 4.25. The maximum Gasteiger partial charge on any atom is 0.163 e. The number of hydrogen-bond acceptors (Lipinski definition) is 5. The molecule has 0 bridgehead atoms. The lowest BCUT2D eigenvalue weighted by Crippen LogP contribution is -2.39. The van der Waals surface area contributed by atoms with E-state index in [4.69, 9.17) is 4.74 Å². The summed E-state index contributed by atoms with van der Waals surface area (Å²) in [4.78, 5) is 2.41. The fourth-order valence-corrected chi connectivity index (χ4v) is 3.11. The predicted octanol–water partition coefficient (Wildman–Crippen LogP) is 1.42. The maximum absolute atomic E-state index is 5.89. The van der Waals surface area contributed by atoms with E-state index in [0.717, 1.165) is 25.5 Å². The Morgan fingerprint density at radius 2 is 2.09 bits per heavy atom. The molecule has 126 valence electrons. The van der Waals surface area contributed by atoms with E-state index in [-0.39, 0.29) is 11.5 Å². The van der Waals surface area contributed by atoms with Gasteiger partial charge >= 0.3 is 0 Å². The first-order valence-corrected chi connectivity index (χ1v) is 8.05. The first kappa shape index (κ1) is 16.1. The van der Waals surface area contributed by atoms with Crippen molar-refractivity contribution in [2.24, 2.45) is 14.1 Å². The fourth-order valence-electron chi connectivity index (χ4n) is 3.11. The van der Waals surface area contributed by atoms with Gasteiger partial charge in [0, 0.05) is 50.9 Å². The lowest BCUT2D eigenvalue weighted by molar-refractivity contribution is -0.0386. The first-order chi connectivity index (χ1) is 10.8. The van der Waals surface area contributed by atoms with Gasteiger partial charge in [-0.25, -0.2) is 0 Å². The van der Waals surface area contributed by atoms with Crippen LogP contribution in [-0.4, -0.2) is 49.1 Å². The Morgan fingerprint density at radius 3 is 2.74 bits per heavy atom. The van der Waals surface area contributed by atoms with Gasteiger partial charge in [0.2, 0.25) is 0 Å². The van der Waals surface area contributed by atoms with Crippen molar-refractivity contribution >= 4 is 0 Å². The molecule has 7 heteroatoms. The second-order valence-electron chi connectivity index (χ2n) is 7.32. The highest BCUT2D eigenvalue weighted by Crippen LogP contribution is 2.27. The molecule has 2 aromatic heterocycles. The van der Waals surface area contributed by atoms with Crippen LogP contribution in [0.5, 0.6) is 0 Å². The van der Waals surface area contributed by atoms with Crippen LogP contribution in [0.15, 0.2) is 12.5 Å². The van der Waals surface area contributed by atoms with Gasteiger partial charge in [-0.15, -0.1) is 10.2 Å². The summed E-state index contributed by atoms with van der Waals surface area (Å²) in [6, 6.07) is 0. The van der Waals surface area contributed by atoms with Crippen molar-refractivity contribution < 1.29 is 4.74 Å². The molecule has 1 saturated heterocycles. The molecule has 0 spiro atoms. The van der Waals surface area contributed by atoms with Crippen LogP contribution in [0.3, 0.4) is 0 Å². The third-order valence-electron chi connectivity index (χ3n) is 4.19. The third kappa shape index (κ3) is 3.45. The van der Waals surface area contributed by atoms with Crippen molar-refractivity contribution in [3.05, 3.63) is 29.6 Å². The molecule has 0 amide bonds. The second-order valence-corrected chi connectivity index (χ2v) is 7.32. The van der Waals surface area contributed by atoms with Crippen molar-refractivity contribution in [3.8, 4) is 0 Å². The molecule has 0 aromatic carbocycles. The van der Waals surface area contributed by atoms with Gasteiger partial charge in [-0.2, -0.15) is 5.10 Å². The zero-order chi connectivity index (χ0) is 16.6. The van der Waals surface area contributed by atoms with Crippen LogP contribution in [0.25, 0.3) is 0 Å². The molecule has 1 unspecified atom stereocenters. The van der Waals surface area contributed by atoms with Crippen molar-refractivity contribution in [2.75, 3.05) is 19.7 Å². The Bertz CT molecular complexity index is 668. The minimum absolute atomic E-state index is 0.0222. The quantitative estimate of drug-likeness (QED) is 0.856. The second kappa shape index (κ2) is 6.05. The summed E-state index contributed by atoms with van der Waals surface area (Å²) >= 11 is 0. The van der Waals surface area contributed by atoms with Crippen LogP contribution in [0, 0.1) is 0 Å². The number of morpholine rings is 1. The van der Waals surface area contributed by atoms with Crippen LogP contribution in [0.1, 0.15) is 44.0 Å². The molecule has 1 atom stereocenters. The number of rotatable bonds is 3. The summed E-state index contributed by atoms with van der Waals surface area (Å²) in [6.07, 6.45) is 3.83. The Morgan fingerprint density at radius 1 is 1.30 bits per heavy atom. The molecule has 23 heavy (non-hydrogen) atoms. The fraction of sp³-hybridized carbons (Fsp3) is 0.688. The van der Waals surface area contributed by atoms with Gasteiger partial charge in [-0.3, -0.25) is 9.58 Å². The first-order valence-electron chi connectivity index (χ1n) is 8.05. The third-order valence-corrected chi connectivity index (χ3v) is 4.19. The largest absolute Gasteiger partial charge is 0.368 e.